The summed E-state index contributed by atoms with van der Waals surface area (Å²) >= 11 is 6.81. The fourth-order valence-electron chi connectivity index (χ4n) is 4.56. The van der Waals surface area contributed by atoms with E-state index in [0.717, 1.165) is 46.0 Å². The molecule has 1 saturated heterocycles. The molecule has 0 spiro atoms. The maximum absolute atomic E-state index is 10.9. The molecule has 3 heterocycles. The fourth-order valence-corrected chi connectivity index (χ4v) is 4.87. The first-order valence-electron chi connectivity index (χ1n) is 10.4. The molecule has 0 amide bonds. The van der Waals surface area contributed by atoms with Crippen molar-refractivity contribution in [2.75, 3.05) is 18.0 Å². The monoisotopic (exact) mass is 436 g/mol. The van der Waals surface area contributed by atoms with Crippen LogP contribution in [0, 0.1) is 6.92 Å². The summed E-state index contributed by atoms with van der Waals surface area (Å²) in [5.74, 6) is 0.903. The quantitative estimate of drug-likeness (QED) is 0.493. The maximum atomic E-state index is 10.9. The normalized spacial score (nSPS) is 19.5. The Morgan fingerprint density at radius 3 is 2.65 bits per heavy atom. The summed E-state index contributed by atoms with van der Waals surface area (Å²) in [6.45, 7) is 7.93. The number of aromatic nitrogens is 4. The lowest BCUT2D eigenvalue weighted by molar-refractivity contribution is 0.403. The largest absolute Gasteiger partial charge is 0.507 e. The fraction of sp³-hybridized carbons (Fsp3) is 0.348. The zero-order valence-electron chi connectivity index (χ0n) is 18.0. The number of piperazine rings is 1. The molecule has 0 aliphatic carbocycles. The molecule has 1 fully saturated rings. The third-order valence-corrected chi connectivity index (χ3v) is 6.35. The van der Waals surface area contributed by atoms with Crippen LogP contribution < -0.4 is 10.2 Å². The van der Waals surface area contributed by atoms with E-state index < -0.39 is 0 Å². The van der Waals surface area contributed by atoms with E-state index in [2.05, 4.69) is 34.1 Å². The molecule has 2 aromatic carbocycles. The van der Waals surface area contributed by atoms with Gasteiger partial charge >= 0.3 is 0 Å². The number of phenols is 1. The van der Waals surface area contributed by atoms with Crippen molar-refractivity contribution < 1.29 is 5.11 Å². The van der Waals surface area contributed by atoms with Gasteiger partial charge in [0.25, 0.3) is 0 Å². The standard InChI is InChI=1S/C23H25ClN6O/c1-12-9-30(10-13(2)26-12)23-25-8-18-19(27-23)6-5-16(20(18)24)17-7-15-11-29(4)28-21(15)14(3)22(17)31/h5-8,11-13,26,31H,9-10H2,1-4H3/t12-,13-/m0/s1. The Morgan fingerprint density at radius 2 is 1.90 bits per heavy atom. The molecule has 5 rings (SSSR count). The van der Waals surface area contributed by atoms with Gasteiger partial charge in [0.1, 0.15) is 5.75 Å². The van der Waals surface area contributed by atoms with Gasteiger partial charge in [-0.3, -0.25) is 4.68 Å². The van der Waals surface area contributed by atoms with Crippen molar-refractivity contribution in [2.24, 2.45) is 7.05 Å². The lowest BCUT2D eigenvalue weighted by Crippen LogP contribution is -2.54. The van der Waals surface area contributed by atoms with Crippen molar-refractivity contribution in [1.82, 2.24) is 25.1 Å². The van der Waals surface area contributed by atoms with E-state index in [1.54, 1.807) is 10.9 Å². The Kier molecular flexibility index (Phi) is 4.75. The Labute approximate surface area is 185 Å². The second-order valence-corrected chi connectivity index (χ2v) is 8.92. The van der Waals surface area contributed by atoms with E-state index in [9.17, 15) is 5.11 Å². The number of anilines is 1. The minimum Gasteiger partial charge on any atom is -0.507 e. The van der Waals surface area contributed by atoms with Crippen LogP contribution in [0.1, 0.15) is 19.4 Å². The number of aryl methyl sites for hydroxylation is 2. The average molecular weight is 437 g/mol. The Balaban J connectivity index is 1.60. The molecule has 160 valence electrons. The number of halogens is 1. The summed E-state index contributed by atoms with van der Waals surface area (Å²) in [5, 5.41) is 21.1. The summed E-state index contributed by atoms with van der Waals surface area (Å²) in [5.41, 5.74) is 3.74. The molecule has 0 unspecified atom stereocenters. The second-order valence-electron chi connectivity index (χ2n) is 8.54. The highest BCUT2D eigenvalue weighted by molar-refractivity contribution is 6.38. The van der Waals surface area contributed by atoms with Crippen LogP contribution in [-0.4, -0.2) is 50.0 Å². The van der Waals surface area contributed by atoms with E-state index >= 15 is 0 Å². The van der Waals surface area contributed by atoms with Crippen molar-refractivity contribution >= 4 is 39.4 Å². The molecular weight excluding hydrogens is 412 g/mol. The molecule has 2 atom stereocenters. The van der Waals surface area contributed by atoms with Crippen LogP contribution in [0.5, 0.6) is 5.75 Å². The highest BCUT2D eigenvalue weighted by atomic mass is 35.5. The van der Waals surface area contributed by atoms with E-state index in [-0.39, 0.29) is 5.75 Å². The summed E-state index contributed by atoms with van der Waals surface area (Å²) in [6.07, 6.45) is 3.72. The van der Waals surface area contributed by atoms with Crippen LogP contribution in [0.25, 0.3) is 32.9 Å². The first-order chi connectivity index (χ1) is 14.8. The van der Waals surface area contributed by atoms with Gasteiger partial charge in [0.2, 0.25) is 5.95 Å². The molecular formula is C23H25ClN6O. The molecule has 0 bridgehead atoms. The van der Waals surface area contributed by atoms with Gasteiger partial charge in [0, 0.05) is 72.1 Å². The van der Waals surface area contributed by atoms with Crippen molar-refractivity contribution in [3.63, 3.8) is 0 Å². The molecule has 1 aliphatic rings. The third kappa shape index (κ3) is 3.38. The highest BCUT2D eigenvalue weighted by Gasteiger charge is 2.23. The van der Waals surface area contributed by atoms with Crippen LogP contribution >= 0.6 is 11.6 Å². The van der Waals surface area contributed by atoms with Gasteiger partial charge in [-0.15, -0.1) is 0 Å². The first-order valence-corrected chi connectivity index (χ1v) is 10.8. The number of nitrogens with zero attached hydrogens (tertiary/aromatic N) is 5. The number of hydrogen-bond acceptors (Lipinski definition) is 6. The zero-order chi connectivity index (χ0) is 21.9. The van der Waals surface area contributed by atoms with Gasteiger partial charge < -0.3 is 15.3 Å². The predicted octanol–water partition coefficient (Wildman–Crippen LogP) is 4.04. The Hall–Kier alpha value is -2.90. The van der Waals surface area contributed by atoms with Crippen LogP contribution in [-0.2, 0) is 7.05 Å². The molecule has 7 nitrogen and oxygen atoms in total. The van der Waals surface area contributed by atoms with E-state index in [1.807, 2.05) is 38.4 Å². The lowest BCUT2D eigenvalue weighted by Gasteiger charge is -2.36. The van der Waals surface area contributed by atoms with E-state index in [0.29, 0.717) is 28.6 Å². The topological polar surface area (TPSA) is 79.1 Å². The number of nitrogens with one attached hydrogen (secondary N) is 1. The van der Waals surface area contributed by atoms with Gasteiger partial charge in [0.05, 0.1) is 16.1 Å². The third-order valence-electron chi connectivity index (χ3n) is 5.94. The Morgan fingerprint density at radius 1 is 1.16 bits per heavy atom. The summed E-state index contributed by atoms with van der Waals surface area (Å²) in [4.78, 5) is 11.6. The number of aromatic hydroxyl groups is 1. The van der Waals surface area contributed by atoms with Crippen LogP contribution in [0.3, 0.4) is 0 Å². The highest BCUT2D eigenvalue weighted by Crippen LogP contribution is 2.41. The molecule has 0 radical (unpaired) electrons. The van der Waals surface area contributed by atoms with Gasteiger partial charge in [-0.05, 0) is 32.9 Å². The SMILES string of the molecule is Cc1c(O)c(-c2ccc3nc(N4C[C@H](C)N[C@@H](C)C4)ncc3c2Cl)cc2cn(C)nc12. The summed E-state index contributed by atoms with van der Waals surface area (Å²) in [7, 11) is 1.87. The van der Waals surface area contributed by atoms with Crippen LogP contribution in [0.2, 0.25) is 5.02 Å². The second kappa shape index (κ2) is 7.35. The van der Waals surface area contributed by atoms with Crippen molar-refractivity contribution in [3.05, 3.63) is 41.2 Å². The minimum atomic E-state index is 0.189. The van der Waals surface area contributed by atoms with Crippen molar-refractivity contribution in [3.8, 4) is 16.9 Å². The molecule has 31 heavy (non-hydrogen) atoms. The number of fused-ring (bicyclic) bond motifs is 2. The number of benzene rings is 2. The van der Waals surface area contributed by atoms with Gasteiger partial charge in [0.15, 0.2) is 0 Å². The predicted molar refractivity (Wildman–Crippen MR) is 125 cm³/mol. The van der Waals surface area contributed by atoms with Crippen LogP contribution in [0.15, 0.2) is 30.6 Å². The number of hydrogen-bond donors (Lipinski definition) is 2. The average Bonchev–Trinajstić information content (AvgIpc) is 3.11. The van der Waals surface area contributed by atoms with Gasteiger partial charge in [-0.1, -0.05) is 17.7 Å². The molecule has 8 heteroatoms. The molecule has 0 saturated carbocycles. The maximum Gasteiger partial charge on any atom is 0.225 e. The molecule has 2 aromatic heterocycles. The van der Waals surface area contributed by atoms with Crippen molar-refractivity contribution in [2.45, 2.75) is 32.9 Å². The molecule has 2 N–H and O–H groups in total. The minimum absolute atomic E-state index is 0.189. The smallest absolute Gasteiger partial charge is 0.225 e. The van der Waals surface area contributed by atoms with E-state index in [4.69, 9.17) is 16.6 Å². The van der Waals surface area contributed by atoms with Gasteiger partial charge in [-0.25, -0.2) is 9.97 Å². The van der Waals surface area contributed by atoms with Crippen molar-refractivity contribution in [1.29, 1.82) is 0 Å². The first kappa shape index (κ1) is 20.0. The molecule has 1 aliphatic heterocycles. The number of rotatable bonds is 2. The summed E-state index contributed by atoms with van der Waals surface area (Å²) < 4.78 is 1.75. The zero-order valence-corrected chi connectivity index (χ0v) is 18.8. The van der Waals surface area contributed by atoms with Gasteiger partial charge in [-0.2, -0.15) is 5.10 Å². The van der Waals surface area contributed by atoms with E-state index in [1.165, 1.54) is 0 Å². The summed E-state index contributed by atoms with van der Waals surface area (Å²) in [6, 6.07) is 6.54. The Bertz CT molecular complexity index is 1310. The number of phenolic OH excluding ortho intramolecular Hbond substituents is 1. The lowest BCUT2D eigenvalue weighted by atomic mass is 9.98. The van der Waals surface area contributed by atoms with Crippen LogP contribution in [0.4, 0.5) is 5.95 Å². The molecule has 4 aromatic rings.